The van der Waals surface area contributed by atoms with Crippen LogP contribution in [-0.2, 0) is 0 Å². The first-order valence-corrected chi connectivity index (χ1v) is 7.41. The zero-order chi connectivity index (χ0) is 15.2. The van der Waals surface area contributed by atoms with E-state index < -0.39 is 6.10 Å². The fourth-order valence-corrected chi connectivity index (χ4v) is 2.43. The second-order valence-electron chi connectivity index (χ2n) is 5.45. The van der Waals surface area contributed by atoms with Gasteiger partial charge in [0, 0.05) is 12.1 Å². The monoisotopic (exact) mass is 293 g/mol. The molecule has 1 aliphatic carbocycles. The molecule has 0 bridgehead atoms. The molecule has 21 heavy (non-hydrogen) atoms. The van der Waals surface area contributed by atoms with Crippen molar-refractivity contribution in [3.05, 3.63) is 23.8 Å². The molecule has 0 aliphatic heterocycles. The van der Waals surface area contributed by atoms with Gasteiger partial charge in [-0.1, -0.05) is 0 Å². The minimum absolute atomic E-state index is 0.224. The minimum atomic E-state index is -0.569. The number of aliphatic hydroxyl groups excluding tert-OH is 1. The number of nitrogens with one attached hydrogen (secondary N) is 1. The van der Waals surface area contributed by atoms with E-state index in [1.807, 2.05) is 0 Å². The van der Waals surface area contributed by atoms with Crippen molar-refractivity contribution in [2.45, 2.75) is 44.8 Å². The Morgan fingerprint density at radius 2 is 2.10 bits per heavy atom. The second kappa shape index (κ2) is 7.31. The molecule has 1 aromatic rings. The normalized spacial score (nSPS) is 16.5. The predicted molar refractivity (Wildman–Crippen MR) is 79.9 cm³/mol. The largest absolute Gasteiger partial charge is 0.493 e. The summed E-state index contributed by atoms with van der Waals surface area (Å²) in [5.41, 5.74) is 0.492. The van der Waals surface area contributed by atoms with E-state index in [0.717, 1.165) is 12.8 Å². The molecule has 5 heteroatoms. The van der Waals surface area contributed by atoms with Gasteiger partial charge in [-0.3, -0.25) is 4.79 Å². The Kier molecular flexibility index (Phi) is 5.44. The van der Waals surface area contributed by atoms with Gasteiger partial charge in [-0.25, -0.2) is 0 Å². The third-order valence-electron chi connectivity index (χ3n) is 3.58. The number of methoxy groups -OCH3 is 1. The van der Waals surface area contributed by atoms with Crippen molar-refractivity contribution in [3.63, 3.8) is 0 Å². The molecular weight excluding hydrogens is 270 g/mol. The van der Waals surface area contributed by atoms with Crippen LogP contribution >= 0.6 is 0 Å². The van der Waals surface area contributed by atoms with Gasteiger partial charge in [-0.05, 0) is 50.8 Å². The van der Waals surface area contributed by atoms with E-state index in [9.17, 15) is 9.90 Å². The molecule has 116 valence electrons. The van der Waals surface area contributed by atoms with Gasteiger partial charge in [-0.2, -0.15) is 0 Å². The van der Waals surface area contributed by atoms with Crippen LogP contribution in [0.3, 0.4) is 0 Å². The summed E-state index contributed by atoms with van der Waals surface area (Å²) in [6, 6.07) is 5.15. The van der Waals surface area contributed by atoms with Gasteiger partial charge < -0.3 is 19.9 Å². The molecule has 1 amide bonds. The number of carbonyl (C=O) groups is 1. The number of amides is 1. The number of carbonyl (C=O) groups excluding carboxylic acids is 1. The van der Waals surface area contributed by atoms with E-state index in [2.05, 4.69) is 5.32 Å². The van der Waals surface area contributed by atoms with Crippen LogP contribution in [0.25, 0.3) is 0 Å². The van der Waals surface area contributed by atoms with Gasteiger partial charge >= 0.3 is 0 Å². The highest BCUT2D eigenvalue weighted by Gasteiger charge is 2.19. The van der Waals surface area contributed by atoms with Crippen molar-refractivity contribution in [1.82, 2.24) is 5.32 Å². The van der Waals surface area contributed by atoms with Crippen LogP contribution < -0.4 is 14.8 Å². The maximum atomic E-state index is 12.0. The zero-order valence-electron chi connectivity index (χ0n) is 12.6. The van der Waals surface area contributed by atoms with Crippen LogP contribution in [0.1, 0.15) is 43.0 Å². The van der Waals surface area contributed by atoms with E-state index >= 15 is 0 Å². The van der Waals surface area contributed by atoms with Gasteiger partial charge in [0.1, 0.15) is 0 Å². The lowest BCUT2D eigenvalue weighted by molar-refractivity contribution is 0.0923. The summed E-state index contributed by atoms with van der Waals surface area (Å²) < 4.78 is 11.3. The van der Waals surface area contributed by atoms with Gasteiger partial charge in [0.15, 0.2) is 11.5 Å². The summed E-state index contributed by atoms with van der Waals surface area (Å²) in [5, 5.41) is 11.8. The number of benzene rings is 1. The van der Waals surface area contributed by atoms with Gasteiger partial charge in [-0.15, -0.1) is 0 Å². The summed E-state index contributed by atoms with van der Waals surface area (Å²) in [6.07, 6.45) is 4.22. The molecule has 0 unspecified atom stereocenters. The minimum Gasteiger partial charge on any atom is -0.493 e. The Morgan fingerprint density at radius 1 is 1.38 bits per heavy atom. The average molecular weight is 293 g/mol. The van der Waals surface area contributed by atoms with E-state index in [1.54, 1.807) is 32.2 Å². The van der Waals surface area contributed by atoms with E-state index in [-0.39, 0.29) is 18.6 Å². The molecule has 1 atom stereocenters. The molecular formula is C16H23NO4. The lowest BCUT2D eigenvalue weighted by Crippen LogP contribution is -2.30. The van der Waals surface area contributed by atoms with Crippen LogP contribution in [0.5, 0.6) is 11.5 Å². The van der Waals surface area contributed by atoms with Crippen molar-refractivity contribution >= 4 is 5.91 Å². The highest BCUT2D eigenvalue weighted by atomic mass is 16.5. The van der Waals surface area contributed by atoms with Crippen LogP contribution in [0.2, 0.25) is 0 Å². The first-order valence-electron chi connectivity index (χ1n) is 7.41. The van der Waals surface area contributed by atoms with Crippen LogP contribution in [0, 0.1) is 0 Å². The van der Waals surface area contributed by atoms with Crippen molar-refractivity contribution in [1.29, 1.82) is 0 Å². The summed E-state index contributed by atoms with van der Waals surface area (Å²) in [7, 11) is 1.56. The number of rotatable bonds is 6. The highest BCUT2D eigenvalue weighted by Crippen LogP contribution is 2.32. The SMILES string of the molecule is COc1cc(C(=O)NC[C@@H](C)O)ccc1OC1CCCC1. The van der Waals surface area contributed by atoms with Gasteiger partial charge in [0.05, 0.1) is 19.3 Å². The smallest absolute Gasteiger partial charge is 0.251 e. The maximum Gasteiger partial charge on any atom is 0.251 e. The summed E-state index contributed by atoms with van der Waals surface area (Å²) >= 11 is 0. The van der Waals surface area contributed by atoms with Crippen molar-refractivity contribution in [2.75, 3.05) is 13.7 Å². The molecule has 1 fully saturated rings. The number of ether oxygens (including phenoxy) is 2. The fourth-order valence-electron chi connectivity index (χ4n) is 2.43. The van der Waals surface area contributed by atoms with Gasteiger partial charge in [0.2, 0.25) is 0 Å². The first-order chi connectivity index (χ1) is 10.1. The molecule has 1 aliphatic rings. The average Bonchev–Trinajstić information content (AvgIpc) is 2.98. The van der Waals surface area contributed by atoms with E-state index in [4.69, 9.17) is 9.47 Å². The molecule has 1 aromatic carbocycles. The third-order valence-corrected chi connectivity index (χ3v) is 3.58. The predicted octanol–water partition coefficient (Wildman–Crippen LogP) is 2.13. The Balaban J connectivity index is 2.06. The Labute approximate surface area is 125 Å². The van der Waals surface area contributed by atoms with Crippen molar-refractivity contribution in [3.8, 4) is 11.5 Å². The summed E-state index contributed by atoms with van der Waals surface area (Å²) in [4.78, 5) is 12.0. The third kappa shape index (κ3) is 4.36. The highest BCUT2D eigenvalue weighted by molar-refractivity contribution is 5.94. The van der Waals surface area contributed by atoms with Crippen molar-refractivity contribution in [2.24, 2.45) is 0 Å². The standard InChI is InChI=1S/C16H23NO4/c1-11(18)10-17-16(19)12-7-8-14(15(9-12)20-2)21-13-5-3-4-6-13/h7-9,11,13,18H,3-6,10H2,1-2H3,(H,17,19)/t11-/m1/s1. The van der Waals surface area contributed by atoms with Gasteiger partial charge in [0.25, 0.3) is 5.91 Å². The molecule has 0 saturated heterocycles. The summed E-state index contributed by atoms with van der Waals surface area (Å²) in [5.74, 6) is 1.00. The Morgan fingerprint density at radius 3 is 2.71 bits per heavy atom. The Bertz CT molecular complexity index is 481. The molecule has 2 rings (SSSR count). The quantitative estimate of drug-likeness (QED) is 0.843. The first kappa shape index (κ1) is 15.6. The molecule has 2 N–H and O–H groups in total. The number of aliphatic hydroxyl groups is 1. The summed E-state index contributed by atoms with van der Waals surface area (Å²) in [6.45, 7) is 1.85. The van der Waals surface area contributed by atoms with Crippen LogP contribution in [0.15, 0.2) is 18.2 Å². The second-order valence-corrected chi connectivity index (χ2v) is 5.45. The topological polar surface area (TPSA) is 67.8 Å². The molecule has 0 heterocycles. The number of hydrogen-bond donors (Lipinski definition) is 2. The van der Waals surface area contributed by atoms with E-state index in [0.29, 0.717) is 17.1 Å². The molecule has 0 spiro atoms. The lowest BCUT2D eigenvalue weighted by atomic mass is 10.2. The Hall–Kier alpha value is -1.75. The molecule has 1 saturated carbocycles. The van der Waals surface area contributed by atoms with Crippen LogP contribution in [0.4, 0.5) is 0 Å². The van der Waals surface area contributed by atoms with E-state index in [1.165, 1.54) is 12.8 Å². The number of hydrogen-bond acceptors (Lipinski definition) is 4. The maximum absolute atomic E-state index is 12.0. The zero-order valence-corrected chi connectivity index (χ0v) is 12.6. The fraction of sp³-hybridized carbons (Fsp3) is 0.562. The molecule has 5 nitrogen and oxygen atoms in total. The molecule has 0 aromatic heterocycles. The molecule has 0 radical (unpaired) electrons. The lowest BCUT2D eigenvalue weighted by Gasteiger charge is -2.16. The van der Waals surface area contributed by atoms with Crippen molar-refractivity contribution < 1.29 is 19.4 Å². The van der Waals surface area contributed by atoms with Crippen LogP contribution in [-0.4, -0.2) is 36.9 Å².